The van der Waals surface area contributed by atoms with Gasteiger partial charge < -0.3 is 33.8 Å². The summed E-state index contributed by atoms with van der Waals surface area (Å²) >= 11 is 0. The quantitative estimate of drug-likeness (QED) is 0.0169. The number of aliphatic hydroxyl groups excluding tert-OH is 1. The number of carbonyl (C=O) groups excluding carboxylic acids is 4. The summed E-state index contributed by atoms with van der Waals surface area (Å²) < 4.78 is 68.5. The van der Waals surface area contributed by atoms with Gasteiger partial charge >= 0.3 is 39.5 Å². The largest absolute Gasteiger partial charge is 0.472 e. The molecule has 0 amide bonds. The minimum absolute atomic E-state index is 0.0839. The Balaban J connectivity index is 5.20. The average molecular weight is 1420 g/mol. The zero-order chi connectivity index (χ0) is 71.6. The van der Waals surface area contributed by atoms with E-state index in [9.17, 15) is 43.2 Å². The molecule has 0 aromatic heterocycles. The van der Waals surface area contributed by atoms with Crippen molar-refractivity contribution in [3.05, 3.63) is 24.3 Å². The highest BCUT2D eigenvalue weighted by Gasteiger charge is 2.30. The number of carbonyl (C=O) groups is 4. The molecule has 0 aliphatic carbocycles. The molecule has 0 aliphatic rings. The monoisotopic (exact) mass is 1420 g/mol. The van der Waals surface area contributed by atoms with Crippen molar-refractivity contribution in [3.8, 4) is 0 Å². The van der Waals surface area contributed by atoms with Crippen molar-refractivity contribution in [2.45, 2.75) is 394 Å². The van der Waals surface area contributed by atoms with Gasteiger partial charge in [-0.15, -0.1) is 0 Å². The first-order valence-corrected chi connectivity index (χ1v) is 42.7. The summed E-state index contributed by atoms with van der Waals surface area (Å²) in [5, 5.41) is 10.6. The molecule has 0 heterocycles. The number of aliphatic hydroxyl groups is 1. The Kier molecular flexibility index (Phi) is 66.3. The van der Waals surface area contributed by atoms with Crippen LogP contribution in [0.1, 0.15) is 376 Å². The number of phosphoric ester groups is 2. The lowest BCUT2D eigenvalue weighted by molar-refractivity contribution is -0.161. The summed E-state index contributed by atoms with van der Waals surface area (Å²) in [5.74, 6) is 0.125. The third-order valence-electron chi connectivity index (χ3n) is 17.9. The average Bonchev–Trinajstić information content (AvgIpc) is 1.82. The van der Waals surface area contributed by atoms with Crippen LogP contribution in [0.4, 0.5) is 0 Å². The SMILES string of the molecule is CCCCCC/C=C\C=C/CCCCCCCC(=O)O[C@H](COC(=O)CCCCCCCCCC(C)C)COP(=O)(O)OCC(O)COP(=O)(O)OC[C@@H](COC(=O)CCCCCCCCCC(C)C)OC(=O)CCCCCCCCCCCCCCCCCCCCC(C)CC. The van der Waals surface area contributed by atoms with Crippen molar-refractivity contribution < 1.29 is 80.2 Å². The lowest BCUT2D eigenvalue weighted by Crippen LogP contribution is -2.30. The Morgan fingerprint density at radius 2 is 0.608 bits per heavy atom. The maximum absolute atomic E-state index is 13.1. The smallest absolute Gasteiger partial charge is 0.462 e. The highest BCUT2D eigenvalue weighted by Crippen LogP contribution is 2.45. The summed E-state index contributed by atoms with van der Waals surface area (Å²) in [6, 6.07) is 0. The normalized spacial score (nSPS) is 14.5. The fraction of sp³-hybridized carbons (Fsp3) is 0.897. The van der Waals surface area contributed by atoms with E-state index in [0.29, 0.717) is 37.5 Å². The van der Waals surface area contributed by atoms with Crippen LogP contribution in [0.2, 0.25) is 0 Å². The highest BCUT2D eigenvalue weighted by molar-refractivity contribution is 7.47. The Labute approximate surface area is 592 Å². The Bertz CT molecular complexity index is 1980. The zero-order valence-corrected chi connectivity index (χ0v) is 64.8. The molecule has 19 heteroatoms. The molecule has 3 N–H and O–H groups in total. The van der Waals surface area contributed by atoms with Crippen molar-refractivity contribution in [1.29, 1.82) is 0 Å². The van der Waals surface area contributed by atoms with Gasteiger partial charge in [-0.05, 0) is 69.1 Å². The summed E-state index contributed by atoms with van der Waals surface area (Å²) in [7, 11) is -9.93. The second-order valence-electron chi connectivity index (χ2n) is 28.6. The molecule has 0 rings (SSSR count). The molecule has 0 fully saturated rings. The molecule has 0 bridgehead atoms. The molecule has 17 nitrogen and oxygen atoms in total. The van der Waals surface area contributed by atoms with Gasteiger partial charge in [0.1, 0.15) is 19.3 Å². The van der Waals surface area contributed by atoms with Gasteiger partial charge in [-0.1, -0.05) is 323 Å². The number of unbranched alkanes of at least 4 members (excludes halogenated alkanes) is 38. The van der Waals surface area contributed by atoms with Gasteiger partial charge in [0.25, 0.3) is 0 Å². The maximum atomic E-state index is 13.1. The van der Waals surface area contributed by atoms with Gasteiger partial charge in [0, 0.05) is 25.7 Å². The summed E-state index contributed by atoms with van der Waals surface area (Å²) in [6.45, 7) is 11.8. The second kappa shape index (κ2) is 68.0. The number of esters is 4. The van der Waals surface area contributed by atoms with E-state index in [1.54, 1.807) is 0 Å². The predicted molar refractivity (Wildman–Crippen MR) is 395 cm³/mol. The van der Waals surface area contributed by atoms with Crippen LogP contribution in [-0.4, -0.2) is 96.7 Å². The molecule has 0 spiro atoms. The van der Waals surface area contributed by atoms with E-state index >= 15 is 0 Å². The summed E-state index contributed by atoms with van der Waals surface area (Å²) in [4.78, 5) is 72.8. The van der Waals surface area contributed by atoms with E-state index in [2.05, 4.69) is 72.8 Å². The van der Waals surface area contributed by atoms with Crippen LogP contribution < -0.4 is 0 Å². The fourth-order valence-corrected chi connectivity index (χ4v) is 13.0. The first kappa shape index (κ1) is 94.5. The Morgan fingerprint density at radius 3 is 0.918 bits per heavy atom. The topological polar surface area (TPSA) is 237 Å². The Hall–Kier alpha value is -2.46. The van der Waals surface area contributed by atoms with E-state index < -0.39 is 97.5 Å². The van der Waals surface area contributed by atoms with Crippen molar-refractivity contribution in [2.24, 2.45) is 17.8 Å². The van der Waals surface area contributed by atoms with Crippen molar-refractivity contribution in [3.63, 3.8) is 0 Å². The number of ether oxygens (including phenoxy) is 4. The van der Waals surface area contributed by atoms with Crippen molar-refractivity contribution in [1.82, 2.24) is 0 Å². The molecule has 4 unspecified atom stereocenters. The van der Waals surface area contributed by atoms with Crippen molar-refractivity contribution in [2.75, 3.05) is 39.6 Å². The Morgan fingerprint density at radius 1 is 0.340 bits per heavy atom. The lowest BCUT2D eigenvalue weighted by atomic mass is 9.99. The minimum atomic E-state index is -4.96. The molecule has 0 aromatic rings. The van der Waals surface area contributed by atoms with Crippen molar-refractivity contribution >= 4 is 39.5 Å². The first-order chi connectivity index (χ1) is 46.8. The molecular formula is C78H148O17P2. The van der Waals surface area contributed by atoms with Gasteiger partial charge in [0.2, 0.25) is 0 Å². The number of rotatable bonds is 74. The van der Waals surface area contributed by atoms with Gasteiger partial charge in [0.15, 0.2) is 12.2 Å². The number of hydrogen-bond donors (Lipinski definition) is 3. The van der Waals surface area contributed by atoms with Gasteiger partial charge in [-0.2, -0.15) is 0 Å². The van der Waals surface area contributed by atoms with Crippen LogP contribution in [0.25, 0.3) is 0 Å². The van der Waals surface area contributed by atoms with Crippen LogP contribution >= 0.6 is 15.6 Å². The predicted octanol–water partition coefficient (Wildman–Crippen LogP) is 22.5. The molecule has 0 aliphatic heterocycles. The highest BCUT2D eigenvalue weighted by atomic mass is 31.2. The van der Waals surface area contributed by atoms with E-state index in [0.717, 1.165) is 121 Å². The summed E-state index contributed by atoms with van der Waals surface area (Å²) in [6.07, 6.45) is 58.0. The first-order valence-electron chi connectivity index (χ1n) is 39.7. The number of allylic oxidation sites excluding steroid dienone is 4. The molecule has 0 aromatic carbocycles. The zero-order valence-electron chi connectivity index (χ0n) is 63.0. The molecule has 0 radical (unpaired) electrons. The number of phosphoric acid groups is 2. The van der Waals surface area contributed by atoms with Crippen LogP contribution in [0.5, 0.6) is 0 Å². The van der Waals surface area contributed by atoms with Gasteiger partial charge in [0.05, 0.1) is 26.4 Å². The van der Waals surface area contributed by atoms with E-state index in [4.69, 9.17) is 37.0 Å². The van der Waals surface area contributed by atoms with Crippen LogP contribution in [0, 0.1) is 17.8 Å². The third-order valence-corrected chi connectivity index (χ3v) is 19.8. The lowest BCUT2D eigenvalue weighted by Gasteiger charge is -2.21. The van der Waals surface area contributed by atoms with Crippen LogP contribution in [0.3, 0.4) is 0 Å². The van der Waals surface area contributed by atoms with Gasteiger partial charge in [-0.3, -0.25) is 37.3 Å². The minimum Gasteiger partial charge on any atom is -0.462 e. The number of hydrogen-bond acceptors (Lipinski definition) is 15. The molecular weight excluding hydrogens is 1270 g/mol. The van der Waals surface area contributed by atoms with E-state index in [-0.39, 0.29) is 25.7 Å². The second-order valence-corrected chi connectivity index (χ2v) is 31.5. The van der Waals surface area contributed by atoms with Crippen LogP contribution in [-0.2, 0) is 65.4 Å². The fourth-order valence-electron chi connectivity index (χ4n) is 11.4. The molecule has 97 heavy (non-hydrogen) atoms. The van der Waals surface area contributed by atoms with E-state index in [1.807, 2.05) is 0 Å². The standard InChI is InChI=1S/C78H148O17P2/c1-8-10-11-12-13-14-15-16-21-25-28-31-38-47-54-61-77(82)94-73(65-88-75(80)59-52-45-40-33-35-42-49-56-69(3)4)67-92-96(84,85)90-63-72(79)64-91-97(86,87)93-68-74(66-89-76(81)60-53-46-41-34-36-43-50-57-70(5)6)95-78(83)62-55-48-39-32-29-26-23-20-18-17-19-22-24-27-30-37-44-51-58-71(7)9-2/h14-16,21,69-74,79H,8-13,17-20,22-68H2,1-7H3,(H,84,85)(H,86,87)/b15-14-,21-16-/t71?,72?,73-,74-/m1/s1. The molecule has 6 atom stereocenters. The molecule has 572 valence electrons. The third kappa shape index (κ3) is 70.4. The van der Waals surface area contributed by atoms with Gasteiger partial charge in [-0.25, -0.2) is 9.13 Å². The molecule has 0 saturated carbocycles. The molecule has 0 saturated heterocycles. The van der Waals surface area contributed by atoms with Crippen LogP contribution in [0.15, 0.2) is 24.3 Å². The van der Waals surface area contributed by atoms with E-state index in [1.165, 1.54) is 161 Å². The maximum Gasteiger partial charge on any atom is 0.472 e. The summed E-state index contributed by atoms with van der Waals surface area (Å²) in [5.41, 5.74) is 0.